The van der Waals surface area contributed by atoms with Crippen molar-refractivity contribution in [2.45, 2.75) is 18.9 Å². The Kier molecular flexibility index (Phi) is 4.45. The van der Waals surface area contributed by atoms with Gasteiger partial charge in [-0.2, -0.15) is 0 Å². The monoisotopic (exact) mass is 294 g/mol. The number of nitrogens with zero attached hydrogens (tertiary/aromatic N) is 2. The summed E-state index contributed by atoms with van der Waals surface area (Å²) < 4.78 is 24.8. The number of carbonyl (C=O) groups is 1. The van der Waals surface area contributed by atoms with Crippen molar-refractivity contribution in [3.8, 4) is 0 Å². The summed E-state index contributed by atoms with van der Waals surface area (Å²) in [5.74, 6) is -0.196. The van der Waals surface area contributed by atoms with Crippen molar-refractivity contribution in [3.63, 3.8) is 0 Å². The van der Waals surface area contributed by atoms with Crippen molar-refractivity contribution in [2.24, 2.45) is 5.92 Å². The molecule has 21 heavy (non-hydrogen) atoms. The van der Waals surface area contributed by atoms with Gasteiger partial charge in [0.15, 0.2) is 5.82 Å². The summed E-state index contributed by atoms with van der Waals surface area (Å²) in [6, 6.07) is 1.41. The summed E-state index contributed by atoms with van der Waals surface area (Å²) in [5, 5.41) is 0. The highest BCUT2D eigenvalue weighted by Crippen LogP contribution is 2.28. The van der Waals surface area contributed by atoms with Gasteiger partial charge in [0.2, 0.25) is 0 Å². The molecule has 1 amide bonds. The topological polar surface area (TPSA) is 51.7 Å². The molecule has 0 N–H and O–H groups in total. The fourth-order valence-corrected chi connectivity index (χ4v) is 2.37. The first-order valence-corrected chi connectivity index (χ1v) is 7.32. The molecule has 2 aliphatic rings. The van der Waals surface area contributed by atoms with Gasteiger partial charge in [0.05, 0.1) is 31.1 Å². The number of aromatic nitrogens is 1. The molecular formula is C15H19FN2O3. The van der Waals surface area contributed by atoms with E-state index in [1.807, 2.05) is 0 Å². The zero-order chi connectivity index (χ0) is 14.7. The van der Waals surface area contributed by atoms with Crippen LogP contribution in [0.4, 0.5) is 4.39 Å². The van der Waals surface area contributed by atoms with Gasteiger partial charge in [0.25, 0.3) is 5.91 Å². The van der Waals surface area contributed by atoms with E-state index in [9.17, 15) is 9.18 Å². The number of rotatable bonds is 5. The number of hydrogen-bond donors (Lipinski definition) is 0. The minimum atomic E-state index is -0.587. The molecule has 1 aliphatic carbocycles. The van der Waals surface area contributed by atoms with E-state index < -0.39 is 5.82 Å². The van der Waals surface area contributed by atoms with Gasteiger partial charge < -0.3 is 14.4 Å². The standard InChI is InChI=1S/C15H19FN2O3/c16-14-7-17-4-3-13(14)15(19)18-5-6-21-12(8-18)10-20-9-11-1-2-11/h3-4,7,11-12H,1-2,5-6,8-10H2. The highest BCUT2D eigenvalue weighted by Gasteiger charge is 2.27. The molecule has 0 aromatic carbocycles. The van der Waals surface area contributed by atoms with E-state index in [0.29, 0.717) is 32.2 Å². The molecule has 6 heteroatoms. The fourth-order valence-electron chi connectivity index (χ4n) is 2.37. The Labute approximate surface area is 123 Å². The molecule has 1 saturated carbocycles. The van der Waals surface area contributed by atoms with Crippen LogP contribution >= 0.6 is 0 Å². The van der Waals surface area contributed by atoms with Crippen LogP contribution < -0.4 is 0 Å². The lowest BCUT2D eigenvalue weighted by Crippen LogP contribution is -2.47. The van der Waals surface area contributed by atoms with Crippen LogP contribution in [-0.4, -0.2) is 54.8 Å². The molecule has 1 aromatic heterocycles. The molecule has 3 rings (SSSR count). The highest BCUT2D eigenvalue weighted by molar-refractivity contribution is 5.94. The van der Waals surface area contributed by atoms with Crippen molar-refractivity contribution in [2.75, 3.05) is 32.9 Å². The number of hydrogen-bond acceptors (Lipinski definition) is 4. The second kappa shape index (κ2) is 6.49. The number of pyridine rings is 1. The summed E-state index contributed by atoms with van der Waals surface area (Å²) in [6.07, 6.45) is 4.84. The summed E-state index contributed by atoms with van der Waals surface area (Å²) in [6.45, 7) is 2.62. The predicted octanol–water partition coefficient (Wildman–Crippen LogP) is 1.49. The normalized spacial score (nSPS) is 22.3. The maximum Gasteiger partial charge on any atom is 0.257 e. The number of amides is 1. The molecule has 1 aliphatic heterocycles. The quantitative estimate of drug-likeness (QED) is 0.825. The Balaban J connectivity index is 1.54. The third-order valence-corrected chi connectivity index (χ3v) is 3.78. The van der Waals surface area contributed by atoms with E-state index in [4.69, 9.17) is 9.47 Å². The van der Waals surface area contributed by atoms with E-state index in [0.717, 1.165) is 12.8 Å². The first-order chi connectivity index (χ1) is 10.2. The summed E-state index contributed by atoms with van der Waals surface area (Å²) in [4.78, 5) is 17.6. The highest BCUT2D eigenvalue weighted by atomic mass is 19.1. The Hall–Kier alpha value is -1.53. The van der Waals surface area contributed by atoms with E-state index in [2.05, 4.69) is 4.98 Å². The van der Waals surface area contributed by atoms with Crippen LogP contribution in [-0.2, 0) is 9.47 Å². The van der Waals surface area contributed by atoms with Gasteiger partial charge in [-0.15, -0.1) is 0 Å². The average molecular weight is 294 g/mol. The maximum absolute atomic E-state index is 13.6. The van der Waals surface area contributed by atoms with E-state index in [-0.39, 0.29) is 17.6 Å². The van der Waals surface area contributed by atoms with Crippen LogP contribution in [0.25, 0.3) is 0 Å². The number of morpholine rings is 1. The van der Waals surface area contributed by atoms with E-state index >= 15 is 0 Å². The van der Waals surface area contributed by atoms with Gasteiger partial charge in [-0.25, -0.2) is 4.39 Å². The Morgan fingerprint density at radius 3 is 3.10 bits per heavy atom. The number of carbonyl (C=O) groups excluding carboxylic acids is 1. The first-order valence-electron chi connectivity index (χ1n) is 7.32. The summed E-state index contributed by atoms with van der Waals surface area (Å²) in [5.41, 5.74) is 0.0598. The van der Waals surface area contributed by atoms with Crippen molar-refractivity contribution >= 4 is 5.91 Å². The van der Waals surface area contributed by atoms with Crippen molar-refractivity contribution < 1.29 is 18.7 Å². The predicted molar refractivity (Wildman–Crippen MR) is 73.4 cm³/mol. The van der Waals surface area contributed by atoms with Crippen LogP contribution in [0.3, 0.4) is 0 Å². The van der Waals surface area contributed by atoms with Crippen LogP contribution in [0, 0.1) is 11.7 Å². The molecule has 0 radical (unpaired) electrons. The Morgan fingerprint density at radius 1 is 1.48 bits per heavy atom. The maximum atomic E-state index is 13.6. The minimum Gasteiger partial charge on any atom is -0.378 e. The largest absolute Gasteiger partial charge is 0.378 e. The Bertz CT molecular complexity index is 507. The van der Waals surface area contributed by atoms with Gasteiger partial charge in [-0.05, 0) is 24.8 Å². The van der Waals surface area contributed by atoms with Crippen LogP contribution in [0.1, 0.15) is 23.2 Å². The van der Waals surface area contributed by atoms with E-state index in [1.54, 1.807) is 4.90 Å². The molecule has 0 spiro atoms. The lowest BCUT2D eigenvalue weighted by molar-refractivity contribution is -0.0629. The molecule has 2 heterocycles. The van der Waals surface area contributed by atoms with Gasteiger partial charge in [0, 0.05) is 25.9 Å². The second-order valence-electron chi connectivity index (χ2n) is 5.58. The SMILES string of the molecule is O=C(c1ccncc1F)N1CCOC(COCC2CC2)C1. The zero-order valence-corrected chi connectivity index (χ0v) is 11.8. The molecular weight excluding hydrogens is 275 g/mol. The van der Waals surface area contributed by atoms with Crippen LogP contribution in [0.2, 0.25) is 0 Å². The van der Waals surface area contributed by atoms with Gasteiger partial charge in [0.1, 0.15) is 0 Å². The first kappa shape index (κ1) is 14.4. The van der Waals surface area contributed by atoms with Gasteiger partial charge >= 0.3 is 0 Å². The van der Waals surface area contributed by atoms with Crippen molar-refractivity contribution in [1.29, 1.82) is 0 Å². The van der Waals surface area contributed by atoms with E-state index in [1.165, 1.54) is 25.1 Å². The van der Waals surface area contributed by atoms with Crippen LogP contribution in [0.15, 0.2) is 18.5 Å². The zero-order valence-electron chi connectivity index (χ0n) is 11.8. The third kappa shape index (κ3) is 3.77. The van der Waals surface area contributed by atoms with Gasteiger partial charge in [-0.3, -0.25) is 9.78 Å². The van der Waals surface area contributed by atoms with Crippen molar-refractivity contribution in [3.05, 3.63) is 29.8 Å². The lowest BCUT2D eigenvalue weighted by Gasteiger charge is -2.33. The fraction of sp³-hybridized carbons (Fsp3) is 0.600. The van der Waals surface area contributed by atoms with Crippen molar-refractivity contribution in [1.82, 2.24) is 9.88 Å². The number of halogens is 1. The molecule has 0 bridgehead atoms. The molecule has 1 saturated heterocycles. The second-order valence-corrected chi connectivity index (χ2v) is 5.58. The smallest absolute Gasteiger partial charge is 0.257 e. The van der Waals surface area contributed by atoms with Crippen LogP contribution in [0.5, 0.6) is 0 Å². The Morgan fingerprint density at radius 2 is 2.33 bits per heavy atom. The molecule has 1 aromatic rings. The molecule has 1 unspecified atom stereocenters. The molecule has 2 fully saturated rings. The summed E-state index contributed by atoms with van der Waals surface area (Å²) in [7, 11) is 0. The molecule has 114 valence electrons. The summed E-state index contributed by atoms with van der Waals surface area (Å²) >= 11 is 0. The number of ether oxygens (including phenoxy) is 2. The minimum absolute atomic E-state index is 0.0598. The molecule has 1 atom stereocenters. The molecule has 5 nitrogen and oxygen atoms in total. The lowest BCUT2D eigenvalue weighted by atomic mass is 10.2. The average Bonchev–Trinajstić information content (AvgIpc) is 3.32. The van der Waals surface area contributed by atoms with Gasteiger partial charge in [-0.1, -0.05) is 0 Å². The third-order valence-electron chi connectivity index (χ3n) is 3.78.